The number of allylic oxidation sites excluding steroid dienone is 2. The van der Waals surface area contributed by atoms with E-state index in [4.69, 9.17) is 4.98 Å². The van der Waals surface area contributed by atoms with E-state index in [1.165, 1.54) is 58.9 Å². The molecule has 0 saturated heterocycles. The molecule has 44 heavy (non-hydrogen) atoms. The van der Waals surface area contributed by atoms with E-state index in [9.17, 15) is 9.90 Å². The Hall–Kier alpha value is -2.81. The number of aromatic nitrogens is 1. The number of ketones is 1. The fourth-order valence-electron chi connectivity index (χ4n) is 6.38. The number of hydrogen-bond acceptors (Lipinski definition) is 3. The molecule has 1 fully saturated rings. The van der Waals surface area contributed by atoms with Gasteiger partial charge >= 0.3 is 0 Å². The normalized spacial score (nSPS) is 16.7. The van der Waals surface area contributed by atoms with Gasteiger partial charge in [-0.3, -0.25) is 4.79 Å². The molecule has 1 aliphatic carbocycles. The van der Waals surface area contributed by atoms with Gasteiger partial charge in [0.15, 0.2) is 5.78 Å². The first kappa shape index (κ1) is 37.4. The summed E-state index contributed by atoms with van der Waals surface area (Å²) in [6.07, 6.45) is 12.2. The third-order valence-electron chi connectivity index (χ3n) is 9.32. The summed E-state index contributed by atoms with van der Waals surface area (Å²) in [5.74, 6) is 2.15. The Balaban J connectivity index is 0.000000346. The van der Waals surface area contributed by atoms with E-state index < -0.39 is 0 Å². The number of aliphatic hydroxyl groups is 1. The predicted octanol–water partition coefficient (Wildman–Crippen LogP) is 11.7. The van der Waals surface area contributed by atoms with Crippen molar-refractivity contribution in [2.24, 2.45) is 17.8 Å². The Morgan fingerprint density at radius 3 is 2.20 bits per heavy atom. The molecule has 1 aliphatic rings. The number of pyridine rings is 1. The number of carbonyl (C=O) groups excluding carboxylic acids is 1. The third-order valence-corrected chi connectivity index (χ3v) is 9.32. The molecule has 4 aromatic rings. The molecule has 0 atom stereocenters. The zero-order chi connectivity index (χ0) is 30.1. The van der Waals surface area contributed by atoms with Crippen LogP contribution in [0.25, 0.3) is 32.8 Å². The maximum Gasteiger partial charge on any atom is 0.162 e. The van der Waals surface area contributed by atoms with Gasteiger partial charge in [0.25, 0.3) is 0 Å². The molecule has 0 aliphatic heterocycles. The van der Waals surface area contributed by atoms with Crippen LogP contribution in [0.5, 0.6) is 0 Å². The second-order valence-electron chi connectivity index (χ2n) is 12.0. The molecule has 1 aromatic heterocycles. The molecule has 1 heterocycles. The van der Waals surface area contributed by atoms with Gasteiger partial charge in [0.05, 0.1) is 5.76 Å². The molecule has 4 heteroatoms. The predicted molar refractivity (Wildman–Crippen MR) is 184 cm³/mol. The molecule has 3 aromatic carbocycles. The van der Waals surface area contributed by atoms with E-state index in [1.807, 2.05) is 40.0 Å². The average Bonchev–Trinajstić information content (AvgIpc) is 3.02. The summed E-state index contributed by atoms with van der Waals surface area (Å²) in [6, 6.07) is 25.2. The van der Waals surface area contributed by atoms with Crippen LogP contribution in [-0.4, -0.2) is 15.9 Å². The summed E-state index contributed by atoms with van der Waals surface area (Å²) in [7, 11) is 0. The Labute approximate surface area is 279 Å². The van der Waals surface area contributed by atoms with Crippen molar-refractivity contribution in [3.8, 4) is 11.3 Å². The summed E-state index contributed by atoms with van der Waals surface area (Å²) >= 11 is 0. The quantitative estimate of drug-likeness (QED) is 0.105. The molecule has 3 nitrogen and oxygen atoms in total. The maximum atomic E-state index is 11.7. The Bertz CT molecular complexity index is 1490. The molecule has 1 radical (unpaired) electrons. The second-order valence-corrected chi connectivity index (χ2v) is 12.0. The Morgan fingerprint density at radius 1 is 0.886 bits per heavy atom. The van der Waals surface area contributed by atoms with Crippen molar-refractivity contribution in [1.82, 2.24) is 4.98 Å². The van der Waals surface area contributed by atoms with Crippen LogP contribution in [0.15, 0.2) is 78.7 Å². The summed E-state index contributed by atoms with van der Waals surface area (Å²) in [5, 5.41) is 14.7. The molecule has 1 saturated carbocycles. The third kappa shape index (κ3) is 9.11. The smallest absolute Gasteiger partial charge is 0.162 e. The van der Waals surface area contributed by atoms with Gasteiger partial charge in [-0.15, -0.1) is 29.1 Å². The van der Waals surface area contributed by atoms with Crippen LogP contribution in [0.4, 0.5) is 0 Å². The molecular formula is C40H52IrNO2-. The summed E-state index contributed by atoms with van der Waals surface area (Å²) < 4.78 is 0. The fraction of sp³-hybridized carbons (Fsp3) is 0.450. The van der Waals surface area contributed by atoms with Crippen molar-refractivity contribution in [3.05, 3.63) is 90.3 Å². The zero-order valence-electron chi connectivity index (χ0n) is 26.5. The number of rotatable bonds is 9. The number of carbonyl (C=O) groups is 1. The molecule has 5 rings (SSSR count). The van der Waals surface area contributed by atoms with Gasteiger partial charge in [-0.25, -0.2) is 0 Å². The van der Waals surface area contributed by atoms with Crippen LogP contribution in [0.3, 0.4) is 0 Å². The van der Waals surface area contributed by atoms with Gasteiger partial charge in [0.1, 0.15) is 0 Å². The molecule has 1 N–H and O–H groups in total. The van der Waals surface area contributed by atoms with Crippen molar-refractivity contribution in [2.45, 2.75) is 99.3 Å². The topological polar surface area (TPSA) is 50.2 Å². The van der Waals surface area contributed by atoms with Crippen LogP contribution in [0, 0.1) is 23.8 Å². The van der Waals surface area contributed by atoms with Crippen LogP contribution in [0.1, 0.15) is 105 Å². The minimum Gasteiger partial charge on any atom is -0.512 e. The molecule has 0 bridgehead atoms. The van der Waals surface area contributed by atoms with E-state index in [2.05, 4.69) is 67.6 Å². The van der Waals surface area contributed by atoms with E-state index in [0.29, 0.717) is 5.92 Å². The minimum absolute atomic E-state index is 0. The first-order chi connectivity index (χ1) is 20.4. The van der Waals surface area contributed by atoms with Gasteiger partial charge in [-0.1, -0.05) is 103 Å². The van der Waals surface area contributed by atoms with Gasteiger partial charge in [-0.2, -0.15) is 0 Å². The van der Waals surface area contributed by atoms with Gasteiger partial charge in [0.2, 0.25) is 0 Å². The van der Waals surface area contributed by atoms with E-state index in [1.54, 1.807) is 0 Å². The number of fused-ring (bicyclic) bond motifs is 2. The largest absolute Gasteiger partial charge is 0.512 e. The number of nitrogens with zero attached hydrogens (tertiary/aromatic N) is 1. The molecule has 0 amide bonds. The Kier molecular flexibility index (Phi) is 15.5. The van der Waals surface area contributed by atoms with Crippen molar-refractivity contribution >= 4 is 27.3 Å². The maximum absolute atomic E-state index is 11.7. The first-order valence-electron chi connectivity index (χ1n) is 16.1. The van der Waals surface area contributed by atoms with Crippen molar-refractivity contribution < 1.29 is 30.0 Å². The minimum atomic E-state index is 0. The molecular weight excluding hydrogens is 719 g/mol. The van der Waals surface area contributed by atoms with E-state index in [-0.39, 0.29) is 50.9 Å². The summed E-state index contributed by atoms with van der Waals surface area (Å²) in [4.78, 5) is 16.5. The standard InChI is InChI=1S/C26H24N.C13H24O2.CH4.Ir/c1-18-9-11-19(12-10-18)21-13-14-24-22(17-21)15-16-27-26(24)25-8-4-6-20-5-2-3-7-23(20)25;1-5-10(6-2)12(14)9-13(15)11(7-3)8-4;;/h2-7,13-19H,9-12H2,1H3;9-11,14H,5-8H2,1-4H3;1H4;/q-1;;;. The summed E-state index contributed by atoms with van der Waals surface area (Å²) in [6.45, 7) is 10.5. The van der Waals surface area contributed by atoms with E-state index in [0.717, 1.165) is 42.9 Å². The number of aliphatic hydroxyl groups excluding tert-OH is 1. The Morgan fingerprint density at radius 2 is 1.55 bits per heavy atom. The fourth-order valence-corrected chi connectivity index (χ4v) is 6.38. The number of benzene rings is 3. The number of hydrogen-bond donors (Lipinski definition) is 1. The zero-order valence-corrected chi connectivity index (χ0v) is 28.9. The van der Waals surface area contributed by atoms with Crippen molar-refractivity contribution in [1.29, 1.82) is 0 Å². The van der Waals surface area contributed by atoms with E-state index >= 15 is 0 Å². The van der Waals surface area contributed by atoms with Crippen LogP contribution in [0.2, 0.25) is 0 Å². The average molecular weight is 771 g/mol. The SMILES string of the molecule is C.CC1CCC(c2ccc3c(-c4[c-]ccc5ccccc45)nccc3c2)CC1.CCC(CC)C(=O)C=C(O)C(CC)CC.[Ir]. The van der Waals surface area contributed by atoms with Crippen LogP contribution < -0.4 is 0 Å². The molecule has 239 valence electrons. The van der Waals surface area contributed by atoms with Gasteiger partial charge < -0.3 is 10.1 Å². The van der Waals surface area contributed by atoms with Crippen molar-refractivity contribution in [2.75, 3.05) is 0 Å². The monoisotopic (exact) mass is 771 g/mol. The molecule has 0 unspecified atom stereocenters. The van der Waals surface area contributed by atoms with Crippen LogP contribution in [-0.2, 0) is 24.9 Å². The summed E-state index contributed by atoms with van der Waals surface area (Å²) in [5.41, 5.74) is 3.62. The first-order valence-corrected chi connectivity index (χ1v) is 16.1. The van der Waals surface area contributed by atoms with Gasteiger partial charge in [-0.05, 0) is 78.5 Å². The second kappa shape index (κ2) is 18.2. The van der Waals surface area contributed by atoms with Crippen molar-refractivity contribution in [3.63, 3.8) is 0 Å². The van der Waals surface area contributed by atoms with Crippen LogP contribution >= 0.6 is 0 Å². The molecule has 0 spiro atoms. The van der Waals surface area contributed by atoms with Gasteiger partial charge in [0, 0.05) is 44.2 Å².